The second-order valence-corrected chi connectivity index (χ2v) is 4.54. The van der Waals surface area contributed by atoms with Gasteiger partial charge in [0.1, 0.15) is 0 Å². The average Bonchev–Trinajstić information content (AvgIpc) is 2.28. The predicted octanol–water partition coefficient (Wildman–Crippen LogP) is 2.21. The average molecular weight is 244 g/mol. The van der Waals surface area contributed by atoms with Crippen molar-refractivity contribution in [1.29, 1.82) is 0 Å². The number of amides is 2. The highest BCUT2D eigenvalue weighted by Gasteiger charge is 2.28. The number of rotatable bonds is 2. The fourth-order valence-electron chi connectivity index (χ4n) is 2.17. The standard InChI is InChI=1S/C14H16N2O2/c1-8-4-6-11(7-5-8)13-12(10(3)17)9(2)15-14(18)16-13/h4-7,13H,1-3H3,(H2,15,16,18)/t13-/m0/s1. The molecular weight excluding hydrogens is 228 g/mol. The third-order valence-corrected chi connectivity index (χ3v) is 3.06. The lowest BCUT2D eigenvalue weighted by atomic mass is 9.93. The van der Waals surface area contributed by atoms with Gasteiger partial charge in [0, 0.05) is 11.3 Å². The second-order valence-electron chi connectivity index (χ2n) is 4.54. The van der Waals surface area contributed by atoms with Gasteiger partial charge in [-0.05, 0) is 26.3 Å². The smallest absolute Gasteiger partial charge is 0.319 e. The first-order valence-corrected chi connectivity index (χ1v) is 5.85. The molecule has 0 unspecified atom stereocenters. The van der Waals surface area contributed by atoms with E-state index in [4.69, 9.17) is 0 Å². The lowest BCUT2D eigenvalue weighted by Gasteiger charge is -2.28. The van der Waals surface area contributed by atoms with Crippen LogP contribution in [0, 0.1) is 6.92 Å². The molecule has 0 saturated heterocycles. The van der Waals surface area contributed by atoms with E-state index < -0.39 is 0 Å². The summed E-state index contributed by atoms with van der Waals surface area (Å²) in [5, 5.41) is 5.42. The summed E-state index contributed by atoms with van der Waals surface area (Å²) in [5.41, 5.74) is 3.29. The molecule has 0 saturated carbocycles. The van der Waals surface area contributed by atoms with E-state index in [1.807, 2.05) is 31.2 Å². The first kappa shape index (κ1) is 12.4. The fourth-order valence-corrected chi connectivity index (χ4v) is 2.17. The van der Waals surface area contributed by atoms with Crippen molar-refractivity contribution in [3.8, 4) is 0 Å². The van der Waals surface area contributed by atoms with Crippen LogP contribution in [0.25, 0.3) is 0 Å². The van der Waals surface area contributed by atoms with Crippen LogP contribution in [-0.2, 0) is 4.79 Å². The van der Waals surface area contributed by atoms with Crippen molar-refractivity contribution in [3.05, 3.63) is 46.7 Å². The van der Waals surface area contributed by atoms with E-state index in [2.05, 4.69) is 10.6 Å². The molecule has 0 aromatic heterocycles. The number of benzene rings is 1. The van der Waals surface area contributed by atoms with Gasteiger partial charge in [-0.3, -0.25) is 4.79 Å². The molecule has 2 amide bonds. The molecule has 0 fully saturated rings. The third-order valence-electron chi connectivity index (χ3n) is 3.06. The minimum Gasteiger partial charge on any atom is -0.327 e. The van der Waals surface area contributed by atoms with Crippen molar-refractivity contribution in [1.82, 2.24) is 10.6 Å². The number of aryl methyl sites for hydroxylation is 1. The molecule has 4 heteroatoms. The van der Waals surface area contributed by atoms with Gasteiger partial charge in [0.05, 0.1) is 6.04 Å². The Hall–Kier alpha value is -2.10. The Morgan fingerprint density at radius 3 is 2.33 bits per heavy atom. The molecule has 1 heterocycles. The summed E-state index contributed by atoms with van der Waals surface area (Å²) < 4.78 is 0. The number of allylic oxidation sites excluding steroid dienone is 1. The second kappa shape index (κ2) is 4.64. The molecule has 0 aliphatic carbocycles. The van der Waals surface area contributed by atoms with Crippen LogP contribution in [0.3, 0.4) is 0 Å². The highest BCUT2D eigenvalue weighted by Crippen LogP contribution is 2.27. The molecular formula is C14H16N2O2. The van der Waals surface area contributed by atoms with Crippen LogP contribution in [0.5, 0.6) is 0 Å². The number of Topliss-reactive ketones (excluding diaryl/α,β-unsaturated/α-hetero) is 1. The van der Waals surface area contributed by atoms with Crippen LogP contribution in [0.15, 0.2) is 35.5 Å². The Morgan fingerprint density at radius 1 is 1.17 bits per heavy atom. The zero-order valence-corrected chi connectivity index (χ0v) is 10.7. The van der Waals surface area contributed by atoms with Crippen LogP contribution < -0.4 is 10.6 Å². The number of hydrogen-bond donors (Lipinski definition) is 2. The monoisotopic (exact) mass is 244 g/mol. The molecule has 1 aliphatic heterocycles. The van der Waals surface area contributed by atoms with E-state index in [1.54, 1.807) is 6.92 Å². The highest BCUT2D eigenvalue weighted by atomic mass is 16.2. The maximum atomic E-state index is 11.7. The van der Waals surface area contributed by atoms with Gasteiger partial charge in [-0.15, -0.1) is 0 Å². The van der Waals surface area contributed by atoms with Crippen LogP contribution in [0.4, 0.5) is 4.79 Å². The van der Waals surface area contributed by atoms with Crippen molar-refractivity contribution in [2.45, 2.75) is 26.8 Å². The number of carbonyl (C=O) groups excluding carboxylic acids is 2. The lowest BCUT2D eigenvalue weighted by Crippen LogP contribution is -2.44. The van der Waals surface area contributed by atoms with Crippen molar-refractivity contribution in [3.63, 3.8) is 0 Å². The van der Waals surface area contributed by atoms with Gasteiger partial charge in [0.2, 0.25) is 0 Å². The van der Waals surface area contributed by atoms with Crippen molar-refractivity contribution >= 4 is 11.8 Å². The van der Waals surface area contributed by atoms with Crippen LogP contribution in [0.1, 0.15) is 31.0 Å². The summed E-state index contributed by atoms with van der Waals surface area (Å²) in [4.78, 5) is 23.2. The van der Waals surface area contributed by atoms with Gasteiger partial charge < -0.3 is 10.6 Å². The van der Waals surface area contributed by atoms with Gasteiger partial charge >= 0.3 is 6.03 Å². The van der Waals surface area contributed by atoms with E-state index in [-0.39, 0.29) is 17.9 Å². The summed E-state index contributed by atoms with van der Waals surface area (Å²) in [6.07, 6.45) is 0. The summed E-state index contributed by atoms with van der Waals surface area (Å²) in [6.45, 7) is 5.26. The van der Waals surface area contributed by atoms with Gasteiger partial charge in [-0.25, -0.2) is 4.79 Å². The zero-order chi connectivity index (χ0) is 13.3. The Bertz CT molecular complexity index is 529. The topological polar surface area (TPSA) is 58.2 Å². The molecule has 1 atom stereocenters. The molecule has 94 valence electrons. The largest absolute Gasteiger partial charge is 0.327 e. The number of carbonyl (C=O) groups is 2. The first-order valence-electron chi connectivity index (χ1n) is 5.85. The van der Waals surface area contributed by atoms with Gasteiger partial charge in [0.25, 0.3) is 0 Å². The summed E-state index contributed by atoms with van der Waals surface area (Å²) in [7, 11) is 0. The molecule has 4 nitrogen and oxygen atoms in total. The van der Waals surface area contributed by atoms with Gasteiger partial charge in [0.15, 0.2) is 5.78 Å². The molecule has 2 rings (SSSR count). The lowest BCUT2D eigenvalue weighted by molar-refractivity contribution is -0.114. The molecule has 1 aromatic rings. The highest BCUT2D eigenvalue weighted by molar-refractivity contribution is 5.98. The predicted molar refractivity (Wildman–Crippen MR) is 69.0 cm³/mol. The van der Waals surface area contributed by atoms with Crippen LogP contribution >= 0.6 is 0 Å². The van der Waals surface area contributed by atoms with Gasteiger partial charge in [-0.1, -0.05) is 29.8 Å². The van der Waals surface area contributed by atoms with Crippen LogP contribution in [-0.4, -0.2) is 11.8 Å². The van der Waals surface area contributed by atoms with E-state index in [9.17, 15) is 9.59 Å². The SMILES string of the molecule is CC(=O)C1=C(C)NC(=O)N[C@H]1c1ccc(C)cc1. The molecule has 18 heavy (non-hydrogen) atoms. The van der Waals surface area contributed by atoms with Crippen LogP contribution in [0.2, 0.25) is 0 Å². The van der Waals surface area contributed by atoms with E-state index >= 15 is 0 Å². The Labute approximate surface area is 106 Å². The fraction of sp³-hybridized carbons (Fsp3) is 0.286. The minimum absolute atomic E-state index is 0.0365. The quantitative estimate of drug-likeness (QED) is 0.838. The maximum absolute atomic E-state index is 11.7. The van der Waals surface area contributed by atoms with E-state index in [0.717, 1.165) is 11.1 Å². The number of urea groups is 1. The molecule has 0 spiro atoms. The number of ketones is 1. The van der Waals surface area contributed by atoms with E-state index in [1.165, 1.54) is 6.92 Å². The summed E-state index contributed by atoms with van der Waals surface area (Å²) >= 11 is 0. The van der Waals surface area contributed by atoms with Gasteiger partial charge in [-0.2, -0.15) is 0 Å². The molecule has 1 aromatic carbocycles. The summed E-state index contributed by atoms with van der Waals surface area (Å²) in [6, 6.07) is 7.16. The third kappa shape index (κ3) is 2.27. The molecule has 1 aliphatic rings. The normalized spacial score (nSPS) is 19.3. The first-order chi connectivity index (χ1) is 8.49. The maximum Gasteiger partial charge on any atom is 0.319 e. The molecule has 2 N–H and O–H groups in total. The van der Waals surface area contributed by atoms with Crippen molar-refractivity contribution in [2.75, 3.05) is 0 Å². The number of nitrogens with one attached hydrogen (secondary N) is 2. The van der Waals surface area contributed by atoms with Crippen molar-refractivity contribution < 1.29 is 9.59 Å². The Balaban J connectivity index is 2.46. The Morgan fingerprint density at radius 2 is 1.78 bits per heavy atom. The molecule has 0 bridgehead atoms. The van der Waals surface area contributed by atoms with E-state index in [0.29, 0.717) is 11.3 Å². The molecule has 0 radical (unpaired) electrons. The summed E-state index contributed by atoms with van der Waals surface area (Å²) in [5.74, 6) is -0.0365. The zero-order valence-electron chi connectivity index (χ0n) is 10.7. The minimum atomic E-state index is -0.364. The van der Waals surface area contributed by atoms with Crippen molar-refractivity contribution in [2.24, 2.45) is 0 Å². The number of hydrogen-bond acceptors (Lipinski definition) is 2. The Kier molecular flexibility index (Phi) is 3.19.